The lowest BCUT2D eigenvalue weighted by Gasteiger charge is -2.12. The summed E-state index contributed by atoms with van der Waals surface area (Å²) < 4.78 is 29.4. The van der Waals surface area contributed by atoms with Gasteiger partial charge < -0.3 is 10.1 Å². The van der Waals surface area contributed by atoms with Gasteiger partial charge in [0.15, 0.2) is 0 Å². The molecule has 1 aliphatic heterocycles. The van der Waals surface area contributed by atoms with E-state index < -0.39 is 5.76 Å². The summed E-state index contributed by atoms with van der Waals surface area (Å²) in [5, 5.41) is 3.30. The summed E-state index contributed by atoms with van der Waals surface area (Å²) in [4.78, 5) is 0.586. The first-order valence-electron chi connectivity index (χ1n) is 5.13. The number of anilines is 1. The number of alkyl halides is 2. The maximum absolute atomic E-state index is 12.1. The first-order valence-corrected chi connectivity index (χ1v) is 6.01. The highest BCUT2D eigenvalue weighted by atomic mass is 32.2. The average molecular weight is 245 g/mol. The zero-order valence-corrected chi connectivity index (χ0v) is 9.47. The second kappa shape index (κ2) is 5.50. The number of hydrogen-bond donors (Lipinski definition) is 1. The van der Waals surface area contributed by atoms with Crippen molar-refractivity contribution in [2.45, 2.75) is 23.1 Å². The third kappa shape index (κ3) is 3.35. The molecule has 1 saturated heterocycles. The van der Waals surface area contributed by atoms with Crippen LogP contribution >= 0.6 is 11.8 Å². The highest BCUT2D eigenvalue weighted by molar-refractivity contribution is 7.99. The number of benzene rings is 1. The van der Waals surface area contributed by atoms with E-state index in [0.717, 1.165) is 18.7 Å². The van der Waals surface area contributed by atoms with Gasteiger partial charge in [-0.15, -0.1) is 0 Å². The van der Waals surface area contributed by atoms with E-state index in [9.17, 15) is 8.78 Å². The molecule has 5 heteroatoms. The fourth-order valence-corrected chi connectivity index (χ4v) is 2.12. The first kappa shape index (κ1) is 11.7. The summed E-state index contributed by atoms with van der Waals surface area (Å²) in [6.45, 7) is 1.50. The summed E-state index contributed by atoms with van der Waals surface area (Å²) in [6.07, 6.45) is 0.994. The summed E-state index contributed by atoms with van der Waals surface area (Å²) in [5.41, 5.74) is 0.953. The van der Waals surface area contributed by atoms with E-state index in [-0.39, 0.29) is 0 Å². The average Bonchev–Trinajstić information content (AvgIpc) is 2.73. The fourth-order valence-electron chi connectivity index (χ4n) is 1.62. The van der Waals surface area contributed by atoms with E-state index in [1.165, 1.54) is 0 Å². The summed E-state index contributed by atoms with van der Waals surface area (Å²) >= 11 is 0.564. The van der Waals surface area contributed by atoms with Gasteiger partial charge >= 0.3 is 0 Å². The monoisotopic (exact) mass is 245 g/mol. The molecule has 1 aliphatic rings. The van der Waals surface area contributed by atoms with E-state index >= 15 is 0 Å². The number of nitrogens with one attached hydrogen (secondary N) is 1. The first-order chi connectivity index (χ1) is 7.74. The van der Waals surface area contributed by atoms with E-state index in [2.05, 4.69) is 5.32 Å². The molecule has 0 spiro atoms. The molecular weight excluding hydrogens is 232 g/mol. The molecule has 0 aliphatic carbocycles. The second-order valence-corrected chi connectivity index (χ2v) is 4.67. The Hall–Kier alpha value is -0.810. The van der Waals surface area contributed by atoms with E-state index in [0.29, 0.717) is 29.3 Å². The molecule has 0 radical (unpaired) electrons. The van der Waals surface area contributed by atoms with Gasteiger partial charge in [0.05, 0.1) is 12.6 Å². The van der Waals surface area contributed by atoms with Gasteiger partial charge in [0.1, 0.15) is 0 Å². The van der Waals surface area contributed by atoms with Crippen molar-refractivity contribution in [1.29, 1.82) is 0 Å². The van der Waals surface area contributed by atoms with Crippen LogP contribution in [0.2, 0.25) is 0 Å². The van der Waals surface area contributed by atoms with Crippen molar-refractivity contribution in [3.05, 3.63) is 24.3 Å². The third-order valence-corrected chi connectivity index (χ3v) is 3.10. The molecule has 1 unspecified atom stereocenters. The molecular formula is C11H13F2NOS. The van der Waals surface area contributed by atoms with Gasteiger partial charge in [-0.3, -0.25) is 0 Å². The SMILES string of the molecule is FC(F)Sc1ccc(NC2CCOC2)cc1. The van der Waals surface area contributed by atoms with Crippen LogP contribution in [0.3, 0.4) is 0 Å². The maximum Gasteiger partial charge on any atom is 0.288 e. The standard InChI is InChI=1S/C11H13F2NOS/c12-11(13)16-10-3-1-8(2-4-10)14-9-5-6-15-7-9/h1-4,9,11,14H,5-7H2. The van der Waals surface area contributed by atoms with Crippen LogP contribution in [0.4, 0.5) is 14.5 Å². The highest BCUT2D eigenvalue weighted by Gasteiger charge is 2.14. The largest absolute Gasteiger partial charge is 0.380 e. The summed E-state index contributed by atoms with van der Waals surface area (Å²) in [5.74, 6) is -2.36. The minimum absolute atomic E-state index is 0.341. The minimum atomic E-state index is -2.36. The lowest BCUT2D eigenvalue weighted by Crippen LogP contribution is -2.18. The van der Waals surface area contributed by atoms with Crippen LogP contribution < -0.4 is 5.32 Å². The predicted octanol–water partition coefficient (Wildman–Crippen LogP) is 3.20. The molecule has 2 nitrogen and oxygen atoms in total. The number of halogens is 2. The molecule has 1 fully saturated rings. The van der Waals surface area contributed by atoms with Crippen molar-refractivity contribution < 1.29 is 13.5 Å². The molecule has 0 saturated carbocycles. The Bertz CT molecular complexity index is 325. The number of thioether (sulfide) groups is 1. The minimum Gasteiger partial charge on any atom is -0.380 e. The van der Waals surface area contributed by atoms with Crippen molar-refractivity contribution >= 4 is 17.4 Å². The Balaban J connectivity index is 1.90. The van der Waals surface area contributed by atoms with Crippen LogP contribution in [0.25, 0.3) is 0 Å². The Morgan fingerprint density at radius 2 is 2.06 bits per heavy atom. The van der Waals surface area contributed by atoms with E-state index in [1.54, 1.807) is 12.1 Å². The van der Waals surface area contributed by atoms with Crippen molar-refractivity contribution in [2.75, 3.05) is 18.5 Å². The fraction of sp³-hybridized carbons (Fsp3) is 0.455. The highest BCUT2D eigenvalue weighted by Crippen LogP contribution is 2.26. The van der Waals surface area contributed by atoms with Crippen LogP contribution in [0.5, 0.6) is 0 Å². The Labute approximate surface area is 97.4 Å². The zero-order valence-electron chi connectivity index (χ0n) is 8.66. The maximum atomic E-state index is 12.1. The van der Waals surface area contributed by atoms with Gasteiger partial charge in [-0.25, -0.2) is 0 Å². The van der Waals surface area contributed by atoms with Gasteiger partial charge in [-0.05, 0) is 30.7 Å². The van der Waals surface area contributed by atoms with E-state index in [1.807, 2.05) is 12.1 Å². The summed E-state index contributed by atoms with van der Waals surface area (Å²) in [7, 11) is 0. The molecule has 0 bridgehead atoms. The van der Waals surface area contributed by atoms with Crippen molar-refractivity contribution in [3.8, 4) is 0 Å². The van der Waals surface area contributed by atoms with Crippen LogP contribution in [-0.2, 0) is 4.74 Å². The molecule has 2 rings (SSSR count). The lowest BCUT2D eigenvalue weighted by atomic mass is 10.2. The Morgan fingerprint density at radius 3 is 2.62 bits per heavy atom. The van der Waals surface area contributed by atoms with Gasteiger partial charge in [0, 0.05) is 17.2 Å². The molecule has 0 amide bonds. The van der Waals surface area contributed by atoms with Gasteiger partial charge in [0.25, 0.3) is 5.76 Å². The molecule has 0 aromatic heterocycles. The summed E-state index contributed by atoms with van der Waals surface area (Å²) in [6, 6.07) is 7.39. The van der Waals surface area contributed by atoms with Crippen LogP contribution in [0, 0.1) is 0 Å². The van der Waals surface area contributed by atoms with Crippen molar-refractivity contribution in [2.24, 2.45) is 0 Å². The zero-order chi connectivity index (χ0) is 11.4. The molecule has 1 aromatic carbocycles. The molecule has 88 valence electrons. The Morgan fingerprint density at radius 1 is 1.31 bits per heavy atom. The predicted molar refractivity (Wildman–Crippen MR) is 61.1 cm³/mol. The quantitative estimate of drug-likeness (QED) is 0.823. The number of hydrogen-bond acceptors (Lipinski definition) is 3. The van der Waals surface area contributed by atoms with Crippen LogP contribution in [0.15, 0.2) is 29.2 Å². The molecule has 1 atom stereocenters. The molecule has 1 N–H and O–H groups in total. The topological polar surface area (TPSA) is 21.3 Å². The molecule has 1 heterocycles. The van der Waals surface area contributed by atoms with Crippen LogP contribution in [0.1, 0.15) is 6.42 Å². The van der Waals surface area contributed by atoms with Crippen LogP contribution in [-0.4, -0.2) is 25.0 Å². The van der Waals surface area contributed by atoms with Crippen molar-refractivity contribution in [3.63, 3.8) is 0 Å². The van der Waals surface area contributed by atoms with E-state index in [4.69, 9.17) is 4.74 Å². The number of ether oxygens (including phenoxy) is 1. The second-order valence-electron chi connectivity index (χ2n) is 3.61. The normalized spacial score (nSPS) is 20.3. The van der Waals surface area contributed by atoms with Gasteiger partial charge in [-0.1, -0.05) is 11.8 Å². The molecule has 1 aromatic rings. The van der Waals surface area contributed by atoms with Gasteiger partial charge in [-0.2, -0.15) is 8.78 Å². The smallest absolute Gasteiger partial charge is 0.288 e. The van der Waals surface area contributed by atoms with Crippen molar-refractivity contribution in [1.82, 2.24) is 0 Å². The number of rotatable bonds is 4. The Kier molecular flexibility index (Phi) is 4.01. The van der Waals surface area contributed by atoms with Gasteiger partial charge in [0.2, 0.25) is 0 Å². The lowest BCUT2D eigenvalue weighted by molar-refractivity contribution is 0.195. The third-order valence-electron chi connectivity index (χ3n) is 2.38. The molecule has 16 heavy (non-hydrogen) atoms.